The Morgan fingerprint density at radius 3 is 2.61 bits per heavy atom. The van der Waals surface area contributed by atoms with E-state index in [9.17, 15) is 13.6 Å². The highest BCUT2D eigenvalue weighted by atomic mass is 19.1. The van der Waals surface area contributed by atoms with Crippen LogP contribution in [0.25, 0.3) is 16.7 Å². The van der Waals surface area contributed by atoms with Crippen LogP contribution < -0.4 is 10.5 Å². The van der Waals surface area contributed by atoms with E-state index >= 15 is 0 Å². The number of H-pyrrole nitrogens is 1. The second-order valence-electron chi connectivity index (χ2n) is 7.91. The number of halogens is 2. The van der Waals surface area contributed by atoms with Crippen LogP contribution in [-0.2, 0) is 0 Å². The van der Waals surface area contributed by atoms with Gasteiger partial charge in [0.2, 0.25) is 5.95 Å². The zero-order chi connectivity index (χ0) is 19.0. The summed E-state index contributed by atoms with van der Waals surface area (Å²) in [6.45, 7) is 1.96. The summed E-state index contributed by atoms with van der Waals surface area (Å²) in [7, 11) is 0. The number of fused-ring (bicyclic) bond motifs is 3. The van der Waals surface area contributed by atoms with E-state index in [2.05, 4.69) is 24.9 Å². The van der Waals surface area contributed by atoms with E-state index in [4.69, 9.17) is 0 Å². The molecule has 9 heteroatoms. The number of aromatic amines is 1. The van der Waals surface area contributed by atoms with Crippen LogP contribution in [-0.4, -0.2) is 55.9 Å². The molecule has 1 saturated carbocycles. The molecule has 0 radical (unpaired) electrons. The number of aromatic nitrogens is 4. The standard InChI is InChI=1S/C19H18F2N6O/c20-10-1-4-16(15(21)5-10)27-17-14(7-22-27)18(28)24-19(23-17)26-12-6-13(26)9-25(8-12)11-2-3-11/h1,4-5,7,11-13H,2-3,6,8-9H2,(H,23,24,28). The third kappa shape index (κ3) is 2.32. The maximum atomic E-state index is 14.3. The Morgan fingerprint density at radius 2 is 1.89 bits per heavy atom. The first-order valence-electron chi connectivity index (χ1n) is 9.54. The summed E-state index contributed by atoms with van der Waals surface area (Å²) in [5.74, 6) is -0.925. The summed E-state index contributed by atoms with van der Waals surface area (Å²) >= 11 is 0. The van der Waals surface area contributed by atoms with Crippen molar-refractivity contribution in [3.05, 3.63) is 46.4 Å². The quantitative estimate of drug-likeness (QED) is 0.746. The summed E-state index contributed by atoms with van der Waals surface area (Å²) < 4.78 is 28.8. The fourth-order valence-electron chi connectivity index (χ4n) is 4.58. The van der Waals surface area contributed by atoms with Crippen LogP contribution in [0, 0.1) is 11.6 Å². The molecule has 1 N–H and O–H groups in total. The fraction of sp³-hybridized carbons (Fsp3) is 0.421. The third-order valence-electron chi connectivity index (χ3n) is 6.09. The maximum Gasteiger partial charge on any atom is 0.263 e. The SMILES string of the molecule is O=c1[nH]c(N2C3CC2CN(C2CC2)C3)nc2c1cnn2-c1ccc(F)cc1F. The molecule has 1 aliphatic carbocycles. The molecule has 0 spiro atoms. The number of nitrogens with one attached hydrogen (secondary N) is 1. The van der Waals surface area contributed by atoms with E-state index in [0.29, 0.717) is 18.0 Å². The topological polar surface area (TPSA) is 70.1 Å². The monoisotopic (exact) mass is 384 g/mol. The second kappa shape index (κ2) is 5.60. The Hall–Kier alpha value is -2.81. The first-order chi connectivity index (χ1) is 13.6. The van der Waals surface area contributed by atoms with Gasteiger partial charge in [-0.2, -0.15) is 10.1 Å². The zero-order valence-corrected chi connectivity index (χ0v) is 15.0. The van der Waals surface area contributed by atoms with Crippen LogP contribution in [0.15, 0.2) is 29.2 Å². The molecule has 3 aliphatic heterocycles. The number of benzene rings is 1. The Balaban J connectivity index is 1.41. The minimum Gasteiger partial charge on any atom is -0.334 e. The minimum atomic E-state index is -0.755. The number of rotatable bonds is 3. The first-order valence-corrected chi connectivity index (χ1v) is 9.54. The predicted molar refractivity (Wildman–Crippen MR) is 98.7 cm³/mol. The molecule has 3 aromatic rings. The smallest absolute Gasteiger partial charge is 0.263 e. The van der Waals surface area contributed by atoms with Gasteiger partial charge in [-0.15, -0.1) is 0 Å². The lowest BCUT2D eigenvalue weighted by molar-refractivity contribution is 0.106. The first kappa shape index (κ1) is 16.2. The molecule has 3 saturated heterocycles. The summed E-state index contributed by atoms with van der Waals surface area (Å²) in [5, 5.41) is 4.40. The molecule has 2 aromatic heterocycles. The molecule has 1 aromatic carbocycles. The molecule has 4 aliphatic rings. The van der Waals surface area contributed by atoms with Gasteiger partial charge in [-0.1, -0.05) is 0 Å². The Morgan fingerprint density at radius 1 is 1.11 bits per heavy atom. The molecular formula is C19H18F2N6O. The van der Waals surface area contributed by atoms with Crippen LogP contribution in [0.4, 0.5) is 14.7 Å². The van der Waals surface area contributed by atoms with Gasteiger partial charge >= 0.3 is 0 Å². The van der Waals surface area contributed by atoms with Crippen molar-refractivity contribution in [3.63, 3.8) is 0 Å². The molecule has 5 heterocycles. The molecular weight excluding hydrogens is 366 g/mol. The normalized spacial score (nSPS) is 24.6. The molecule has 144 valence electrons. The van der Waals surface area contributed by atoms with E-state index < -0.39 is 11.6 Å². The van der Waals surface area contributed by atoms with Crippen LogP contribution in [0.1, 0.15) is 19.3 Å². The van der Waals surface area contributed by atoms with Crippen LogP contribution in [0.2, 0.25) is 0 Å². The lowest BCUT2D eigenvalue weighted by Crippen LogP contribution is -2.69. The van der Waals surface area contributed by atoms with Crippen molar-refractivity contribution in [1.82, 2.24) is 24.6 Å². The van der Waals surface area contributed by atoms with Crippen LogP contribution in [0.3, 0.4) is 0 Å². The minimum absolute atomic E-state index is 0.0594. The lowest BCUT2D eigenvalue weighted by atomic mass is 9.88. The van der Waals surface area contributed by atoms with Crippen molar-refractivity contribution < 1.29 is 8.78 Å². The van der Waals surface area contributed by atoms with Crippen LogP contribution >= 0.6 is 0 Å². The molecule has 2 bridgehead atoms. The van der Waals surface area contributed by atoms with Crippen molar-refractivity contribution in [1.29, 1.82) is 0 Å². The second-order valence-corrected chi connectivity index (χ2v) is 7.91. The van der Waals surface area contributed by atoms with Crippen molar-refractivity contribution in [2.45, 2.75) is 37.4 Å². The van der Waals surface area contributed by atoms with Gasteiger partial charge in [0, 0.05) is 37.3 Å². The predicted octanol–water partition coefficient (Wildman–Crippen LogP) is 1.81. The number of hydrogen-bond acceptors (Lipinski definition) is 5. The van der Waals surface area contributed by atoms with E-state index in [0.717, 1.165) is 37.7 Å². The molecule has 0 amide bonds. The highest BCUT2D eigenvalue weighted by Gasteiger charge is 2.48. The summed E-state index contributed by atoms with van der Waals surface area (Å²) in [6, 6.07) is 4.64. The molecule has 4 fully saturated rings. The van der Waals surface area contributed by atoms with E-state index in [1.165, 1.54) is 29.8 Å². The summed E-state index contributed by atoms with van der Waals surface area (Å²) in [4.78, 5) is 24.8. The van der Waals surface area contributed by atoms with Gasteiger partial charge in [-0.3, -0.25) is 14.7 Å². The highest BCUT2D eigenvalue weighted by Crippen LogP contribution is 2.39. The van der Waals surface area contributed by atoms with E-state index in [1.807, 2.05) is 0 Å². The van der Waals surface area contributed by atoms with Gasteiger partial charge in [0.15, 0.2) is 11.5 Å². The van der Waals surface area contributed by atoms with Crippen LogP contribution in [0.5, 0.6) is 0 Å². The van der Waals surface area contributed by atoms with Crippen molar-refractivity contribution >= 4 is 17.0 Å². The molecule has 2 unspecified atom stereocenters. The van der Waals surface area contributed by atoms with Crippen molar-refractivity contribution in [3.8, 4) is 5.69 Å². The average molecular weight is 384 g/mol. The number of piperazine rings is 1. The molecule has 28 heavy (non-hydrogen) atoms. The van der Waals surface area contributed by atoms with Gasteiger partial charge in [0.1, 0.15) is 16.9 Å². The number of anilines is 1. The van der Waals surface area contributed by atoms with Crippen molar-refractivity contribution in [2.24, 2.45) is 0 Å². The fourth-order valence-corrected chi connectivity index (χ4v) is 4.58. The lowest BCUT2D eigenvalue weighted by Gasteiger charge is -2.56. The van der Waals surface area contributed by atoms with E-state index in [-0.39, 0.29) is 22.3 Å². The van der Waals surface area contributed by atoms with Gasteiger partial charge in [-0.25, -0.2) is 13.5 Å². The average Bonchev–Trinajstić information content (AvgIpc) is 3.43. The third-order valence-corrected chi connectivity index (χ3v) is 6.09. The Kier molecular flexibility index (Phi) is 3.24. The van der Waals surface area contributed by atoms with Crippen molar-refractivity contribution in [2.75, 3.05) is 18.0 Å². The highest BCUT2D eigenvalue weighted by molar-refractivity contribution is 5.76. The Bertz CT molecular complexity index is 1140. The van der Waals surface area contributed by atoms with Gasteiger partial charge in [0.25, 0.3) is 5.56 Å². The van der Waals surface area contributed by atoms with E-state index in [1.54, 1.807) is 0 Å². The van der Waals surface area contributed by atoms with Gasteiger partial charge < -0.3 is 4.90 Å². The zero-order valence-electron chi connectivity index (χ0n) is 15.0. The summed E-state index contributed by atoms with van der Waals surface area (Å²) in [5.41, 5.74) is 0.0234. The number of nitrogens with zero attached hydrogens (tertiary/aromatic N) is 5. The summed E-state index contributed by atoms with van der Waals surface area (Å²) in [6.07, 6.45) is 5.02. The molecule has 2 atom stereocenters. The Labute approximate surface area is 158 Å². The largest absolute Gasteiger partial charge is 0.334 e. The molecule has 7 nitrogen and oxygen atoms in total. The van der Waals surface area contributed by atoms with Gasteiger partial charge in [0.05, 0.1) is 6.20 Å². The maximum absolute atomic E-state index is 14.3. The number of hydrogen-bond donors (Lipinski definition) is 1. The number of piperidine rings is 1. The van der Waals surface area contributed by atoms with Gasteiger partial charge in [-0.05, 0) is 31.4 Å². The molecule has 7 rings (SSSR count).